The highest BCUT2D eigenvalue weighted by Gasteiger charge is 2.54. The molecule has 0 aromatic carbocycles. The summed E-state index contributed by atoms with van der Waals surface area (Å²) < 4.78 is 67.7. The van der Waals surface area contributed by atoms with Gasteiger partial charge in [-0.3, -0.25) is 14.7 Å². The van der Waals surface area contributed by atoms with Gasteiger partial charge in [-0.25, -0.2) is 8.78 Å². The fourth-order valence-electron chi connectivity index (χ4n) is 3.58. The normalized spacial score (nSPS) is 29.8. The number of hydrogen-bond donors (Lipinski definition) is 0. The van der Waals surface area contributed by atoms with Crippen LogP contribution in [0.1, 0.15) is 23.2 Å². The topological polar surface area (TPSA) is 36.4 Å². The monoisotopic (exact) mass is 397 g/mol. The molecule has 0 spiro atoms. The van der Waals surface area contributed by atoms with E-state index < -0.39 is 55.0 Å². The van der Waals surface area contributed by atoms with Crippen LogP contribution in [0.2, 0.25) is 0 Å². The van der Waals surface area contributed by atoms with Crippen molar-refractivity contribution in [3.8, 4) is 0 Å². The van der Waals surface area contributed by atoms with Gasteiger partial charge in [0, 0.05) is 43.5 Å². The molecule has 0 saturated carbocycles. The van der Waals surface area contributed by atoms with Crippen LogP contribution in [-0.2, 0) is 0 Å². The minimum atomic E-state index is -4.63. The molecule has 3 heterocycles. The summed E-state index contributed by atoms with van der Waals surface area (Å²) in [4.78, 5) is 18.4. The van der Waals surface area contributed by atoms with Crippen molar-refractivity contribution in [2.24, 2.45) is 5.92 Å². The average molecular weight is 398 g/mol. The number of carbonyl (C=O) groups is 1. The summed E-state index contributed by atoms with van der Waals surface area (Å²) in [6.07, 6.45) is -2.61. The van der Waals surface area contributed by atoms with E-state index in [-0.39, 0.29) is 18.5 Å². The SMILES string of the molecule is O=C(c1ccncc1)N1CC(C(F)(F)F)C(N2CCC(F)(F)C2)CC1Cl. The maximum Gasteiger partial charge on any atom is 0.395 e. The van der Waals surface area contributed by atoms with Crippen molar-refractivity contribution in [1.29, 1.82) is 0 Å². The van der Waals surface area contributed by atoms with Gasteiger partial charge in [0.05, 0.1) is 12.5 Å². The number of piperidine rings is 1. The second kappa shape index (κ2) is 6.92. The third-order valence-corrected chi connectivity index (χ3v) is 5.32. The highest BCUT2D eigenvalue weighted by atomic mass is 35.5. The number of rotatable bonds is 2. The summed E-state index contributed by atoms with van der Waals surface area (Å²) in [5, 5.41) is 0. The third kappa shape index (κ3) is 3.93. The minimum absolute atomic E-state index is 0.119. The lowest BCUT2D eigenvalue weighted by Gasteiger charge is -2.45. The molecule has 144 valence electrons. The average Bonchev–Trinajstić information content (AvgIpc) is 2.93. The molecule has 0 aliphatic carbocycles. The molecule has 3 rings (SSSR count). The number of hydrogen-bond acceptors (Lipinski definition) is 3. The number of likely N-dealkylation sites (tertiary alicyclic amines) is 2. The molecule has 3 atom stereocenters. The second-order valence-corrected chi connectivity index (χ2v) is 7.16. The molecular formula is C16H17ClF5N3O. The fourth-order valence-corrected chi connectivity index (χ4v) is 3.93. The van der Waals surface area contributed by atoms with Crippen LogP contribution in [0, 0.1) is 5.92 Å². The molecule has 3 unspecified atom stereocenters. The summed E-state index contributed by atoms with van der Waals surface area (Å²) >= 11 is 6.20. The van der Waals surface area contributed by atoms with E-state index in [9.17, 15) is 26.7 Å². The smallest absolute Gasteiger partial charge is 0.321 e. The zero-order chi connectivity index (χ0) is 19.1. The summed E-state index contributed by atoms with van der Waals surface area (Å²) in [6, 6.07) is 1.61. The molecule has 0 N–H and O–H groups in total. The molecule has 2 saturated heterocycles. The summed E-state index contributed by atoms with van der Waals surface area (Å²) in [5.41, 5.74) is -0.828. The Labute approximate surface area is 151 Å². The molecule has 1 aromatic heterocycles. The van der Waals surface area contributed by atoms with Crippen molar-refractivity contribution in [3.63, 3.8) is 0 Å². The largest absolute Gasteiger partial charge is 0.395 e. The van der Waals surface area contributed by atoms with Crippen LogP contribution in [0.3, 0.4) is 0 Å². The molecular weight excluding hydrogens is 381 g/mol. The highest BCUT2D eigenvalue weighted by molar-refractivity contribution is 6.21. The van der Waals surface area contributed by atoms with Crippen molar-refractivity contribution >= 4 is 17.5 Å². The highest BCUT2D eigenvalue weighted by Crippen LogP contribution is 2.42. The zero-order valence-electron chi connectivity index (χ0n) is 13.6. The lowest BCUT2D eigenvalue weighted by atomic mass is 9.89. The van der Waals surface area contributed by atoms with Crippen LogP contribution in [0.5, 0.6) is 0 Å². The predicted octanol–water partition coefficient (Wildman–Crippen LogP) is 3.38. The minimum Gasteiger partial charge on any atom is -0.321 e. The first-order valence-corrected chi connectivity index (χ1v) is 8.56. The van der Waals surface area contributed by atoms with Gasteiger partial charge >= 0.3 is 6.18 Å². The van der Waals surface area contributed by atoms with Crippen LogP contribution in [0.15, 0.2) is 24.5 Å². The Bertz CT molecular complexity index is 657. The Morgan fingerprint density at radius 3 is 2.46 bits per heavy atom. The fraction of sp³-hybridized carbons (Fsp3) is 0.625. The Morgan fingerprint density at radius 1 is 1.27 bits per heavy atom. The van der Waals surface area contributed by atoms with Crippen LogP contribution < -0.4 is 0 Å². The molecule has 1 aromatic rings. The number of alkyl halides is 6. The molecule has 0 radical (unpaired) electrons. The van der Waals surface area contributed by atoms with Gasteiger partial charge < -0.3 is 4.90 Å². The molecule has 2 aliphatic rings. The van der Waals surface area contributed by atoms with E-state index in [2.05, 4.69) is 4.98 Å². The Hall–Kier alpha value is -1.48. The number of carbonyl (C=O) groups excluding carboxylic acids is 1. The second-order valence-electron chi connectivity index (χ2n) is 6.66. The van der Waals surface area contributed by atoms with Gasteiger partial charge in [0.2, 0.25) is 0 Å². The number of amides is 1. The van der Waals surface area contributed by atoms with Crippen LogP contribution in [0.25, 0.3) is 0 Å². The number of halogens is 6. The predicted molar refractivity (Wildman–Crippen MR) is 84.0 cm³/mol. The summed E-state index contributed by atoms with van der Waals surface area (Å²) in [6.45, 7) is -1.50. The first kappa shape index (κ1) is 19.3. The number of nitrogens with zero attached hydrogens (tertiary/aromatic N) is 3. The van der Waals surface area contributed by atoms with Gasteiger partial charge in [0.15, 0.2) is 0 Å². The van der Waals surface area contributed by atoms with Gasteiger partial charge in [0.1, 0.15) is 5.50 Å². The molecule has 0 bridgehead atoms. The van der Waals surface area contributed by atoms with Gasteiger partial charge in [-0.15, -0.1) is 0 Å². The van der Waals surface area contributed by atoms with Gasteiger partial charge in [-0.2, -0.15) is 13.2 Å². The van der Waals surface area contributed by atoms with Crippen molar-refractivity contribution in [3.05, 3.63) is 30.1 Å². The standard InChI is InChI=1S/C16H17ClF5N3O/c17-13-7-12(24-6-3-15(18,19)9-24)11(16(20,21)22)8-25(13)14(26)10-1-4-23-5-2-10/h1-2,4-5,11-13H,3,6-9H2. The van der Waals surface area contributed by atoms with Gasteiger partial charge in [-0.1, -0.05) is 11.6 Å². The summed E-state index contributed by atoms with van der Waals surface area (Å²) in [7, 11) is 0. The maximum atomic E-state index is 13.6. The van der Waals surface area contributed by atoms with Crippen molar-refractivity contribution in [1.82, 2.24) is 14.8 Å². The Morgan fingerprint density at radius 2 is 1.92 bits per heavy atom. The molecule has 2 aliphatic heterocycles. The Balaban J connectivity index is 1.83. The van der Waals surface area contributed by atoms with Crippen molar-refractivity contribution in [2.75, 3.05) is 19.6 Å². The van der Waals surface area contributed by atoms with E-state index >= 15 is 0 Å². The third-order valence-electron chi connectivity index (χ3n) is 4.91. The maximum absolute atomic E-state index is 13.6. The zero-order valence-corrected chi connectivity index (χ0v) is 14.4. The molecule has 10 heteroatoms. The van der Waals surface area contributed by atoms with Crippen LogP contribution >= 0.6 is 11.6 Å². The number of aromatic nitrogens is 1. The van der Waals surface area contributed by atoms with E-state index in [1.807, 2.05) is 0 Å². The Kier molecular flexibility index (Phi) is 5.13. The van der Waals surface area contributed by atoms with Crippen LogP contribution in [0.4, 0.5) is 22.0 Å². The lowest BCUT2D eigenvalue weighted by Crippen LogP contribution is -2.59. The molecule has 4 nitrogen and oxygen atoms in total. The molecule has 26 heavy (non-hydrogen) atoms. The first-order chi connectivity index (χ1) is 12.1. The van der Waals surface area contributed by atoms with E-state index in [1.165, 1.54) is 24.5 Å². The summed E-state index contributed by atoms with van der Waals surface area (Å²) in [5.74, 6) is -5.56. The van der Waals surface area contributed by atoms with Crippen molar-refractivity contribution in [2.45, 2.75) is 36.5 Å². The van der Waals surface area contributed by atoms with E-state index in [0.29, 0.717) is 0 Å². The van der Waals surface area contributed by atoms with E-state index in [1.54, 1.807) is 0 Å². The van der Waals surface area contributed by atoms with Gasteiger partial charge in [-0.05, 0) is 18.6 Å². The van der Waals surface area contributed by atoms with Gasteiger partial charge in [0.25, 0.3) is 11.8 Å². The molecule has 1 amide bonds. The molecule has 2 fully saturated rings. The van der Waals surface area contributed by atoms with E-state index in [4.69, 9.17) is 11.6 Å². The lowest BCUT2D eigenvalue weighted by molar-refractivity contribution is -0.203. The number of pyridine rings is 1. The van der Waals surface area contributed by atoms with E-state index in [0.717, 1.165) is 9.80 Å². The first-order valence-electron chi connectivity index (χ1n) is 8.12. The van der Waals surface area contributed by atoms with Crippen molar-refractivity contribution < 1.29 is 26.7 Å². The van der Waals surface area contributed by atoms with Crippen LogP contribution in [-0.4, -0.2) is 64.0 Å². The quantitative estimate of drug-likeness (QED) is 0.436.